The number of aryl methyl sites for hydroxylation is 1. The Hall–Kier alpha value is -3.40. The first-order valence-electron chi connectivity index (χ1n) is 13.6. The van der Waals surface area contributed by atoms with Crippen molar-refractivity contribution < 1.29 is 0 Å². The molecule has 4 aromatic rings. The van der Waals surface area contributed by atoms with Crippen molar-refractivity contribution in [1.82, 2.24) is 9.97 Å². The lowest BCUT2D eigenvalue weighted by Gasteiger charge is -2.26. The molecule has 0 aliphatic heterocycles. The van der Waals surface area contributed by atoms with Crippen LogP contribution >= 0.6 is 0 Å². The highest BCUT2D eigenvalue weighted by molar-refractivity contribution is 5.92. The fourth-order valence-corrected chi connectivity index (χ4v) is 4.86. The largest absolute Gasteiger partial charge is 0.354 e. The van der Waals surface area contributed by atoms with E-state index in [1.165, 1.54) is 36.8 Å². The molecule has 1 heterocycles. The monoisotopic (exact) mass is 480 g/mol. The first-order chi connectivity index (χ1) is 17.7. The zero-order chi connectivity index (χ0) is 25.2. The van der Waals surface area contributed by atoms with Crippen molar-refractivity contribution in [1.29, 1.82) is 0 Å². The third-order valence-corrected chi connectivity index (χ3v) is 7.03. The summed E-state index contributed by atoms with van der Waals surface area (Å²) in [5.41, 5.74) is 4.68. The minimum absolute atomic E-state index is 0.704. The van der Waals surface area contributed by atoms with E-state index in [4.69, 9.17) is 9.97 Å². The van der Waals surface area contributed by atoms with Crippen molar-refractivity contribution in [3.8, 4) is 0 Å². The molecule has 0 radical (unpaired) electrons. The van der Waals surface area contributed by atoms with Gasteiger partial charge in [0.2, 0.25) is 5.95 Å². The highest BCUT2D eigenvalue weighted by atomic mass is 15.2. The van der Waals surface area contributed by atoms with E-state index in [0.29, 0.717) is 5.95 Å². The van der Waals surface area contributed by atoms with E-state index in [1.807, 2.05) is 0 Å². The highest BCUT2D eigenvalue weighted by Crippen LogP contribution is 2.33. The van der Waals surface area contributed by atoms with Crippen molar-refractivity contribution >= 4 is 28.4 Å². The van der Waals surface area contributed by atoms with E-state index in [9.17, 15) is 0 Å². The van der Waals surface area contributed by atoms with E-state index in [-0.39, 0.29) is 0 Å². The maximum atomic E-state index is 5.09. The molecule has 0 saturated carbocycles. The molecule has 1 atom stereocenters. The topological polar surface area (TPSA) is 41.1 Å². The van der Waals surface area contributed by atoms with Gasteiger partial charge in [0.1, 0.15) is 5.82 Å². The van der Waals surface area contributed by atoms with Gasteiger partial charge in [0, 0.05) is 24.2 Å². The average molecular weight is 481 g/mol. The molecule has 0 amide bonds. The van der Waals surface area contributed by atoms with Crippen LogP contribution in [0.3, 0.4) is 0 Å². The highest BCUT2D eigenvalue weighted by Gasteiger charge is 2.17. The minimum Gasteiger partial charge on any atom is -0.354 e. The van der Waals surface area contributed by atoms with Gasteiger partial charge in [0.25, 0.3) is 0 Å². The first-order valence-corrected chi connectivity index (χ1v) is 13.6. The van der Waals surface area contributed by atoms with E-state index < -0.39 is 0 Å². The molecule has 4 rings (SSSR count). The van der Waals surface area contributed by atoms with E-state index in [1.54, 1.807) is 0 Å². The van der Waals surface area contributed by atoms with Gasteiger partial charge < -0.3 is 10.2 Å². The number of para-hydroxylation sites is 1. The molecule has 1 N–H and O–H groups in total. The second-order valence-electron chi connectivity index (χ2n) is 9.61. The Morgan fingerprint density at radius 2 is 1.53 bits per heavy atom. The Labute approximate surface area is 216 Å². The fourth-order valence-electron chi connectivity index (χ4n) is 4.86. The molecule has 0 spiro atoms. The molecule has 0 bridgehead atoms. The van der Waals surface area contributed by atoms with Crippen molar-refractivity contribution in [2.24, 2.45) is 5.92 Å². The van der Waals surface area contributed by atoms with Crippen LogP contribution in [0, 0.1) is 5.92 Å². The quantitative estimate of drug-likeness (QED) is 0.195. The van der Waals surface area contributed by atoms with Crippen LogP contribution in [0.1, 0.15) is 64.0 Å². The average Bonchev–Trinajstić information content (AvgIpc) is 2.93. The molecule has 1 aromatic heterocycles. The van der Waals surface area contributed by atoms with Crippen molar-refractivity contribution in [3.05, 3.63) is 90.0 Å². The zero-order valence-corrected chi connectivity index (χ0v) is 22.1. The van der Waals surface area contributed by atoms with E-state index in [0.717, 1.165) is 54.3 Å². The van der Waals surface area contributed by atoms with Crippen LogP contribution in [-0.2, 0) is 13.0 Å². The normalized spacial score (nSPS) is 12.0. The molecule has 4 heteroatoms. The summed E-state index contributed by atoms with van der Waals surface area (Å²) in [5, 5.41) is 4.60. The summed E-state index contributed by atoms with van der Waals surface area (Å²) in [6.07, 6.45) is 7.26. The molecular formula is C32H40N4. The lowest BCUT2D eigenvalue weighted by molar-refractivity contribution is 0.424. The summed E-state index contributed by atoms with van der Waals surface area (Å²) in [6, 6.07) is 27.8. The summed E-state index contributed by atoms with van der Waals surface area (Å²) in [7, 11) is 0. The summed E-state index contributed by atoms with van der Waals surface area (Å²) in [5.74, 6) is 2.46. The fraction of sp³-hybridized carbons (Fsp3) is 0.375. The number of aromatic nitrogens is 2. The van der Waals surface area contributed by atoms with Gasteiger partial charge >= 0.3 is 0 Å². The molecule has 4 nitrogen and oxygen atoms in total. The summed E-state index contributed by atoms with van der Waals surface area (Å²) >= 11 is 0. The summed E-state index contributed by atoms with van der Waals surface area (Å²) in [6.45, 7) is 8.41. The molecule has 0 fully saturated rings. The summed E-state index contributed by atoms with van der Waals surface area (Å²) < 4.78 is 0. The lowest BCUT2D eigenvalue weighted by Crippen LogP contribution is -2.19. The minimum atomic E-state index is 0.704. The number of hydrogen-bond acceptors (Lipinski definition) is 4. The molecule has 0 aliphatic rings. The molecule has 36 heavy (non-hydrogen) atoms. The van der Waals surface area contributed by atoms with E-state index >= 15 is 0 Å². The molecule has 3 aromatic carbocycles. The second-order valence-corrected chi connectivity index (χ2v) is 9.61. The third kappa shape index (κ3) is 6.63. The number of nitrogens with zero attached hydrogens (tertiary/aromatic N) is 3. The maximum Gasteiger partial charge on any atom is 0.225 e. The number of anilines is 3. The van der Waals surface area contributed by atoms with Crippen LogP contribution < -0.4 is 10.2 Å². The van der Waals surface area contributed by atoms with Crippen LogP contribution in [0.25, 0.3) is 10.9 Å². The van der Waals surface area contributed by atoms with Gasteiger partial charge in [-0.25, -0.2) is 4.98 Å². The van der Waals surface area contributed by atoms with Gasteiger partial charge in [-0.1, -0.05) is 94.6 Å². The van der Waals surface area contributed by atoms with Gasteiger partial charge in [-0.2, -0.15) is 4.98 Å². The molecule has 0 aliphatic carbocycles. The van der Waals surface area contributed by atoms with Gasteiger partial charge in [-0.3, -0.25) is 0 Å². The number of benzene rings is 3. The van der Waals surface area contributed by atoms with Crippen LogP contribution in [0.4, 0.5) is 17.5 Å². The second kappa shape index (κ2) is 13.1. The Morgan fingerprint density at radius 3 is 2.25 bits per heavy atom. The van der Waals surface area contributed by atoms with Crippen LogP contribution in [0.2, 0.25) is 0 Å². The maximum absolute atomic E-state index is 5.09. The Bertz CT molecular complexity index is 1200. The molecule has 1 unspecified atom stereocenters. The van der Waals surface area contributed by atoms with Crippen molar-refractivity contribution in [2.75, 3.05) is 16.8 Å². The van der Waals surface area contributed by atoms with Crippen LogP contribution in [0.5, 0.6) is 0 Å². The SMILES string of the molecule is CCCC(CC)CCCNc1nc(N(Cc2ccccc2)c2ccc(CC)cc2)c2ccccc2n1. The van der Waals surface area contributed by atoms with Crippen LogP contribution in [0.15, 0.2) is 78.9 Å². The standard InChI is InChI=1S/C32H40N4/c1-4-13-25(5-2)16-12-23-33-32-34-30-18-11-10-17-29(30)31(35-32)36(24-27-14-8-7-9-15-27)28-21-19-26(6-3)20-22-28/h7-11,14-15,17-22,25H,4-6,12-13,16,23-24H2,1-3H3,(H,33,34,35). The van der Waals surface area contributed by atoms with Gasteiger partial charge in [0.05, 0.1) is 5.52 Å². The Balaban J connectivity index is 1.66. The molecular weight excluding hydrogens is 440 g/mol. The van der Waals surface area contributed by atoms with Gasteiger partial charge in [-0.15, -0.1) is 0 Å². The molecule has 188 valence electrons. The number of rotatable bonds is 13. The number of hydrogen-bond donors (Lipinski definition) is 1. The lowest BCUT2D eigenvalue weighted by atomic mass is 9.95. The number of nitrogens with one attached hydrogen (secondary N) is 1. The van der Waals surface area contributed by atoms with Crippen molar-refractivity contribution in [2.45, 2.75) is 65.8 Å². The predicted molar refractivity (Wildman–Crippen MR) is 154 cm³/mol. The first kappa shape index (κ1) is 25.7. The summed E-state index contributed by atoms with van der Waals surface area (Å²) in [4.78, 5) is 12.3. The van der Waals surface area contributed by atoms with Crippen molar-refractivity contribution in [3.63, 3.8) is 0 Å². The zero-order valence-electron chi connectivity index (χ0n) is 22.1. The third-order valence-electron chi connectivity index (χ3n) is 7.03. The van der Waals surface area contributed by atoms with Gasteiger partial charge in [0.15, 0.2) is 0 Å². The van der Waals surface area contributed by atoms with Gasteiger partial charge in [-0.05, 0) is 60.6 Å². The number of fused-ring (bicyclic) bond motifs is 1. The predicted octanol–water partition coefficient (Wildman–Crippen LogP) is 8.55. The Kier molecular flexibility index (Phi) is 9.32. The van der Waals surface area contributed by atoms with Crippen LogP contribution in [-0.4, -0.2) is 16.5 Å². The Morgan fingerprint density at radius 1 is 0.778 bits per heavy atom. The smallest absolute Gasteiger partial charge is 0.225 e. The molecule has 0 saturated heterocycles. The van der Waals surface area contributed by atoms with E-state index in [2.05, 4.69) is 110 Å².